The third-order valence-corrected chi connectivity index (χ3v) is 2.95. The van der Waals surface area contributed by atoms with Gasteiger partial charge in [-0.25, -0.2) is 0 Å². The summed E-state index contributed by atoms with van der Waals surface area (Å²) in [5.41, 5.74) is 0.530. The number of nitriles is 1. The molecule has 0 fully saturated rings. The highest BCUT2D eigenvalue weighted by Gasteiger charge is 2.12. The molecule has 6 heteroatoms. The first-order chi connectivity index (χ1) is 11.5. The van der Waals surface area contributed by atoms with E-state index in [1.54, 1.807) is 18.2 Å². The minimum Gasteiger partial charge on any atom is -0.493 e. The van der Waals surface area contributed by atoms with Crippen molar-refractivity contribution in [1.82, 2.24) is 5.32 Å². The van der Waals surface area contributed by atoms with Crippen LogP contribution in [0.15, 0.2) is 36.4 Å². The lowest BCUT2D eigenvalue weighted by atomic mass is 10.1. The molecule has 1 N–H and O–H groups in total. The van der Waals surface area contributed by atoms with Gasteiger partial charge in [0.25, 0.3) is 5.91 Å². The molecule has 0 atom stereocenters. The highest BCUT2D eigenvalue weighted by molar-refractivity contribution is 6.01. The van der Waals surface area contributed by atoms with Crippen molar-refractivity contribution < 1.29 is 19.1 Å². The normalized spacial score (nSPS) is 10.5. The van der Waals surface area contributed by atoms with E-state index in [9.17, 15) is 9.59 Å². The summed E-state index contributed by atoms with van der Waals surface area (Å²) in [6.07, 6.45) is 3.95. The fourth-order valence-electron chi connectivity index (χ4n) is 1.81. The number of rotatable bonds is 8. The lowest BCUT2D eigenvalue weighted by molar-refractivity contribution is -0.134. The van der Waals surface area contributed by atoms with Gasteiger partial charge in [0, 0.05) is 13.0 Å². The molecule has 1 amide bonds. The number of hydrogen-bond donors (Lipinski definition) is 1. The Kier molecular flexibility index (Phi) is 7.79. The number of methoxy groups -OCH3 is 1. The molecule has 24 heavy (non-hydrogen) atoms. The summed E-state index contributed by atoms with van der Waals surface area (Å²) in [5, 5.41) is 11.6. The van der Waals surface area contributed by atoms with Crippen molar-refractivity contribution in [2.24, 2.45) is 0 Å². The van der Waals surface area contributed by atoms with Crippen molar-refractivity contribution in [2.75, 3.05) is 13.7 Å². The van der Waals surface area contributed by atoms with Crippen LogP contribution in [0.1, 0.15) is 25.3 Å². The van der Waals surface area contributed by atoms with E-state index in [4.69, 9.17) is 14.7 Å². The minimum absolute atomic E-state index is 0.0466. The van der Waals surface area contributed by atoms with Gasteiger partial charge in [-0.05, 0) is 30.2 Å². The summed E-state index contributed by atoms with van der Waals surface area (Å²) in [6, 6.07) is 6.64. The summed E-state index contributed by atoms with van der Waals surface area (Å²) >= 11 is 0. The molecule has 0 aliphatic heterocycles. The number of esters is 1. The van der Waals surface area contributed by atoms with Crippen LogP contribution in [0.25, 0.3) is 6.08 Å². The van der Waals surface area contributed by atoms with Gasteiger partial charge in [-0.1, -0.05) is 19.1 Å². The predicted molar refractivity (Wildman–Crippen MR) is 90.3 cm³/mol. The lowest BCUT2D eigenvalue weighted by Gasteiger charge is -2.10. The van der Waals surface area contributed by atoms with Gasteiger partial charge < -0.3 is 14.8 Å². The maximum atomic E-state index is 11.8. The average Bonchev–Trinajstić information content (AvgIpc) is 2.58. The van der Waals surface area contributed by atoms with E-state index < -0.39 is 5.91 Å². The standard InChI is InChI=1S/C18H20N2O4/c1-4-6-17(21)24-15-8-7-13(11-16(15)23-3)10-14(12-19)18(22)20-9-5-2/h5,7-8,10-11H,2,4,6,9H2,1,3H3,(H,20,22). The molecule has 1 aromatic carbocycles. The maximum absolute atomic E-state index is 11.8. The van der Waals surface area contributed by atoms with Crippen LogP contribution in [0, 0.1) is 11.3 Å². The molecule has 0 aromatic heterocycles. The van der Waals surface area contributed by atoms with E-state index >= 15 is 0 Å². The Hall–Kier alpha value is -3.07. The molecule has 0 aliphatic rings. The smallest absolute Gasteiger partial charge is 0.311 e. The van der Waals surface area contributed by atoms with Gasteiger partial charge in [0.2, 0.25) is 0 Å². The van der Waals surface area contributed by atoms with Crippen molar-refractivity contribution >= 4 is 18.0 Å². The Bertz CT molecular complexity index is 687. The molecule has 0 unspecified atom stereocenters. The van der Waals surface area contributed by atoms with E-state index in [0.717, 1.165) is 0 Å². The van der Waals surface area contributed by atoms with Crippen LogP contribution in [0.5, 0.6) is 11.5 Å². The fraction of sp³-hybridized carbons (Fsp3) is 0.278. The van der Waals surface area contributed by atoms with E-state index in [0.29, 0.717) is 29.9 Å². The number of carbonyl (C=O) groups excluding carboxylic acids is 2. The zero-order valence-electron chi connectivity index (χ0n) is 13.8. The van der Waals surface area contributed by atoms with Crippen molar-refractivity contribution in [3.8, 4) is 17.6 Å². The van der Waals surface area contributed by atoms with Gasteiger partial charge in [-0.2, -0.15) is 5.26 Å². The van der Waals surface area contributed by atoms with Crippen LogP contribution in [0.3, 0.4) is 0 Å². The summed E-state index contributed by atoms with van der Waals surface area (Å²) in [7, 11) is 1.45. The van der Waals surface area contributed by atoms with Gasteiger partial charge in [0.15, 0.2) is 11.5 Å². The van der Waals surface area contributed by atoms with Gasteiger partial charge >= 0.3 is 5.97 Å². The number of nitrogens with zero attached hydrogens (tertiary/aromatic N) is 1. The second kappa shape index (κ2) is 9.85. The summed E-state index contributed by atoms with van der Waals surface area (Å²) in [5.74, 6) is -0.199. The molecule has 0 saturated carbocycles. The van der Waals surface area contributed by atoms with E-state index in [-0.39, 0.29) is 18.1 Å². The van der Waals surface area contributed by atoms with Gasteiger partial charge in [-0.15, -0.1) is 6.58 Å². The SMILES string of the molecule is C=CCNC(=O)C(C#N)=Cc1ccc(OC(=O)CCC)c(OC)c1. The molecule has 126 valence electrons. The zero-order valence-corrected chi connectivity index (χ0v) is 13.8. The van der Waals surface area contributed by atoms with Crippen LogP contribution in [-0.4, -0.2) is 25.5 Å². The number of amides is 1. The Labute approximate surface area is 141 Å². The van der Waals surface area contributed by atoms with Gasteiger partial charge in [0.1, 0.15) is 11.6 Å². The fourth-order valence-corrected chi connectivity index (χ4v) is 1.81. The molecular formula is C18H20N2O4. The molecule has 1 aromatic rings. The Balaban J connectivity index is 3.02. The van der Waals surface area contributed by atoms with E-state index in [2.05, 4.69) is 11.9 Å². The molecule has 0 radical (unpaired) electrons. The zero-order chi connectivity index (χ0) is 17.9. The van der Waals surface area contributed by atoms with Gasteiger partial charge in [-0.3, -0.25) is 9.59 Å². The van der Waals surface area contributed by atoms with Crippen LogP contribution in [-0.2, 0) is 9.59 Å². The molecule has 0 aliphatic carbocycles. The number of benzene rings is 1. The third kappa shape index (κ3) is 5.61. The number of hydrogen-bond acceptors (Lipinski definition) is 5. The second-order valence-electron chi connectivity index (χ2n) is 4.80. The van der Waals surface area contributed by atoms with Crippen LogP contribution >= 0.6 is 0 Å². The first-order valence-electron chi connectivity index (χ1n) is 7.45. The number of nitrogens with one attached hydrogen (secondary N) is 1. The maximum Gasteiger partial charge on any atom is 0.311 e. The third-order valence-electron chi connectivity index (χ3n) is 2.95. The van der Waals surface area contributed by atoms with Crippen molar-refractivity contribution in [3.05, 3.63) is 42.0 Å². The van der Waals surface area contributed by atoms with E-state index in [1.807, 2.05) is 13.0 Å². The van der Waals surface area contributed by atoms with Crippen molar-refractivity contribution in [3.63, 3.8) is 0 Å². The minimum atomic E-state index is -0.491. The first kappa shape index (κ1) is 19.0. The second-order valence-corrected chi connectivity index (χ2v) is 4.80. The van der Waals surface area contributed by atoms with Crippen molar-refractivity contribution in [1.29, 1.82) is 5.26 Å². The quantitative estimate of drug-likeness (QED) is 0.260. The van der Waals surface area contributed by atoms with Crippen LogP contribution in [0.4, 0.5) is 0 Å². The van der Waals surface area contributed by atoms with E-state index in [1.165, 1.54) is 19.3 Å². The molecular weight excluding hydrogens is 308 g/mol. The summed E-state index contributed by atoms with van der Waals surface area (Å²) < 4.78 is 10.4. The molecule has 0 heterocycles. The summed E-state index contributed by atoms with van der Waals surface area (Å²) in [6.45, 7) is 5.65. The topological polar surface area (TPSA) is 88.4 Å². The van der Waals surface area contributed by atoms with Crippen LogP contribution < -0.4 is 14.8 Å². The van der Waals surface area contributed by atoms with Gasteiger partial charge in [0.05, 0.1) is 7.11 Å². The Morgan fingerprint density at radius 2 is 2.12 bits per heavy atom. The monoisotopic (exact) mass is 328 g/mol. The Morgan fingerprint density at radius 3 is 2.71 bits per heavy atom. The summed E-state index contributed by atoms with van der Waals surface area (Å²) in [4.78, 5) is 23.4. The number of carbonyl (C=O) groups is 2. The predicted octanol–water partition coefficient (Wildman–Crippen LogP) is 2.61. The average molecular weight is 328 g/mol. The molecule has 6 nitrogen and oxygen atoms in total. The largest absolute Gasteiger partial charge is 0.493 e. The molecule has 0 spiro atoms. The van der Waals surface area contributed by atoms with Crippen LogP contribution in [0.2, 0.25) is 0 Å². The molecule has 1 rings (SSSR count). The van der Waals surface area contributed by atoms with Crippen molar-refractivity contribution in [2.45, 2.75) is 19.8 Å². The molecule has 0 bridgehead atoms. The first-order valence-corrected chi connectivity index (χ1v) is 7.45. The number of ether oxygens (including phenoxy) is 2. The highest BCUT2D eigenvalue weighted by Crippen LogP contribution is 2.29. The Morgan fingerprint density at radius 1 is 1.38 bits per heavy atom. The highest BCUT2D eigenvalue weighted by atomic mass is 16.6. The lowest BCUT2D eigenvalue weighted by Crippen LogP contribution is -2.24. The molecule has 0 saturated heterocycles.